The third-order valence-electron chi connectivity index (χ3n) is 3.11. The smallest absolute Gasteiger partial charge is 0.00861 e. The molecule has 2 atom stereocenters. The second-order valence-electron chi connectivity index (χ2n) is 5.66. The largest absolute Gasteiger partial charge is 0.238 e. The fraction of sp³-hybridized carbons (Fsp3) is 1.00. The monoisotopic (exact) mass is 249 g/mol. The number of hydrogen-bond acceptors (Lipinski definition) is 2. The summed E-state index contributed by atoms with van der Waals surface area (Å²) in [4.78, 5) is 0. The lowest BCUT2D eigenvalue weighted by Gasteiger charge is -2.33. The molecular formula is C12H28NPS. The first-order chi connectivity index (χ1) is 6.75. The van der Waals surface area contributed by atoms with Crippen LogP contribution in [0.4, 0.5) is 0 Å². The van der Waals surface area contributed by atoms with Crippen LogP contribution in [0.3, 0.4) is 0 Å². The van der Waals surface area contributed by atoms with E-state index in [4.69, 9.17) is 0 Å². The highest BCUT2D eigenvalue weighted by molar-refractivity contribution is 7.99. The second-order valence-corrected chi connectivity index (χ2v) is 8.05. The van der Waals surface area contributed by atoms with Crippen LogP contribution in [0.1, 0.15) is 47.5 Å². The summed E-state index contributed by atoms with van der Waals surface area (Å²) in [7, 11) is 4.78. The number of hydrogen-bond donors (Lipinski definition) is 0. The van der Waals surface area contributed by atoms with Crippen molar-refractivity contribution in [3.63, 3.8) is 0 Å². The summed E-state index contributed by atoms with van der Waals surface area (Å²) in [5.41, 5.74) is 0.480. The molecule has 0 rings (SSSR count). The molecule has 0 aromatic carbocycles. The third-order valence-corrected chi connectivity index (χ3v) is 4.39. The summed E-state index contributed by atoms with van der Waals surface area (Å²) < 4.78 is 2.11. The molecule has 1 nitrogen and oxygen atoms in total. The van der Waals surface area contributed by atoms with E-state index in [0.29, 0.717) is 5.41 Å². The van der Waals surface area contributed by atoms with E-state index in [0.717, 1.165) is 11.8 Å². The van der Waals surface area contributed by atoms with Gasteiger partial charge in [-0.1, -0.05) is 56.0 Å². The van der Waals surface area contributed by atoms with Gasteiger partial charge in [-0.3, -0.25) is 0 Å². The normalized spacial score (nSPS) is 15.0. The molecule has 0 bridgehead atoms. The quantitative estimate of drug-likeness (QED) is 0.484. The van der Waals surface area contributed by atoms with Gasteiger partial charge in [0.05, 0.1) is 0 Å². The van der Waals surface area contributed by atoms with Crippen LogP contribution >= 0.6 is 21.3 Å². The van der Waals surface area contributed by atoms with Gasteiger partial charge in [0.15, 0.2) is 0 Å². The molecule has 3 heteroatoms. The van der Waals surface area contributed by atoms with Crippen molar-refractivity contribution in [3.05, 3.63) is 0 Å². The fourth-order valence-corrected chi connectivity index (χ4v) is 3.08. The van der Waals surface area contributed by atoms with Crippen molar-refractivity contribution in [3.8, 4) is 0 Å². The van der Waals surface area contributed by atoms with Crippen LogP contribution in [0.5, 0.6) is 0 Å². The summed E-state index contributed by atoms with van der Waals surface area (Å²) in [6.45, 7) is 11.9. The van der Waals surface area contributed by atoms with Crippen LogP contribution in [0.2, 0.25) is 0 Å². The average Bonchev–Trinajstić information content (AvgIpc) is 2.00. The molecule has 0 spiro atoms. The number of nitrogens with zero attached hydrogens (tertiary/aromatic N) is 1. The molecule has 0 amide bonds. The Kier molecular flexibility index (Phi) is 7.49. The Morgan fingerprint density at radius 2 is 1.80 bits per heavy atom. The van der Waals surface area contributed by atoms with Crippen molar-refractivity contribution in [1.82, 2.24) is 4.08 Å². The van der Waals surface area contributed by atoms with Gasteiger partial charge >= 0.3 is 0 Å². The van der Waals surface area contributed by atoms with Crippen LogP contribution < -0.4 is 0 Å². The zero-order chi connectivity index (χ0) is 12.1. The lowest BCUT2D eigenvalue weighted by molar-refractivity contribution is 0.181. The van der Waals surface area contributed by atoms with Crippen LogP contribution in [-0.2, 0) is 0 Å². The summed E-state index contributed by atoms with van der Waals surface area (Å²) in [5, 5.41) is 0. The molecule has 0 saturated heterocycles. The Morgan fingerprint density at radius 1 is 1.27 bits per heavy atom. The van der Waals surface area contributed by atoms with E-state index in [2.05, 4.69) is 55.1 Å². The standard InChI is InChI=1S/C12H28NPS/c1-10(2)9-12(4,5)11(3)7-8-15-13(6)14/h10-11H,7-9,14H2,1-6H3. The summed E-state index contributed by atoms with van der Waals surface area (Å²) in [5.74, 6) is 2.83. The van der Waals surface area contributed by atoms with E-state index in [1.54, 1.807) is 0 Å². The van der Waals surface area contributed by atoms with Crippen molar-refractivity contribution in [1.29, 1.82) is 0 Å². The Labute approximate surface area is 103 Å². The highest BCUT2D eigenvalue weighted by Crippen LogP contribution is 2.36. The molecule has 0 aromatic heterocycles. The number of rotatable bonds is 7. The van der Waals surface area contributed by atoms with Crippen molar-refractivity contribution in [2.45, 2.75) is 47.5 Å². The van der Waals surface area contributed by atoms with E-state index >= 15 is 0 Å². The Morgan fingerprint density at radius 3 is 2.20 bits per heavy atom. The van der Waals surface area contributed by atoms with Gasteiger partial charge in [0.1, 0.15) is 0 Å². The van der Waals surface area contributed by atoms with Crippen molar-refractivity contribution < 1.29 is 0 Å². The molecule has 0 aliphatic carbocycles. The zero-order valence-corrected chi connectivity index (χ0v) is 13.2. The molecule has 0 N–H and O–H groups in total. The van der Waals surface area contributed by atoms with Gasteiger partial charge in [0.25, 0.3) is 0 Å². The minimum absolute atomic E-state index is 0.480. The minimum Gasteiger partial charge on any atom is -0.238 e. The maximum Gasteiger partial charge on any atom is 0.00861 e. The summed E-state index contributed by atoms with van der Waals surface area (Å²) in [6.07, 6.45) is 2.64. The molecule has 92 valence electrons. The average molecular weight is 249 g/mol. The van der Waals surface area contributed by atoms with E-state index in [-0.39, 0.29) is 0 Å². The molecule has 15 heavy (non-hydrogen) atoms. The summed E-state index contributed by atoms with van der Waals surface area (Å²) >= 11 is 1.89. The Hall–Kier alpha value is 0.740. The second kappa shape index (κ2) is 7.14. The lowest BCUT2D eigenvalue weighted by Crippen LogP contribution is -2.24. The predicted octanol–water partition coefficient (Wildman–Crippen LogP) is 4.46. The maximum absolute atomic E-state index is 2.69. The van der Waals surface area contributed by atoms with Crippen LogP contribution in [0.15, 0.2) is 0 Å². The molecule has 0 fully saturated rings. The van der Waals surface area contributed by atoms with Gasteiger partial charge in [-0.2, -0.15) is 0 Å². The van der Waals surface area contributed by atoms with Crippen molar-refractivity contribution in [2.24, 2.45) is 17.3 Å². The van der Waals surface area contributed by atoms with Crippen molar-refractivity contribution >= 4 is 21.3 Å². The Bertz CT molecular complexity index is 169. The Balaban J connectivity index is 3.90. The SMILES string of the molecule is CC(C)CC(C)(C)C(C)CCSN(C)P. The predicted molar refractivity (Wildman–Crippen MR) is 76.9 cm³/mol. The van der Waals surface area contributed by atoms with Gasteiger partial charge in [-0.25, -0.2) is 4.08 Å². The first-order valence-corrected chi connectivity index (χ1v) is 7.33. The summed E-state index contributed by atoms with van der Waals surface area (Å²) in [6, 6.07) is 0. The molecular weight excluding hydrogens is 221 g/mol. The van der Waals surface area contributed by atoms with Crippen LogP contribution in [0.25, 0.3) is 0 Å². The molecule has 0 aromatic rings. The highest BCUT2D eigenvalue weighted by Gasteiger charge is 2.26. The van der Waals surface area contributed by atoms with Gasteiger partial charge in [0.2, 0.25) is 0 Å². The molecule has 0 heterocycles. The highest BCUT2D eigenvalue weighted by atomic mass is 32.2. The third kappa shape index (κ3) is 7.60. The maximum atomic E-state index is 2.69. The molecule has 0 aliphatic heterocycles. The van der Waals surface area contributed by atoms with E-state index in [9.17, 15) is 0 Å². The lowest BCUT2D eigenvalue weighted by atomic mass is 9.73. The van der Waals surface area contributed by atoms with Gasteiger partial charge < -0.3 is 0 Å². The van der Waals surface area contributed by atoms with Crippen LogP contribution in [0, 0.1) is 17.3 Å². The topological polar surface area (TPSA) is 3.24 Å². The van der Waals surface area contributed by atoms with E-state index in [1.807, 2.05) is 11.9 Å². The molecule has 0 aliphatic rings. The fourth-order valence-electron chi connectivity index (χ4n) is 2.02. The molecule has 2 unspecified atom stereocenters. The van der Waals surface area contributed by atoms with E-state index in [1.165, 1.54) is 18.6 Å². The van der Waals surface area contributed by atoms with Crippen molar-refractivity contribution in [2.75, 3.05) is 12.8 Å². The van der Waals surface area contributed by atoms with Gasteiger partial charge in [-0.05, 0) is 30.1 Å². The zero-order valence-electron chi connectivity index (χ0n) is 11.2. The van der Waals surface area contributed by atoms with Crippen LogP contribution in [-0.4, -0.2) is 16.9 Å². The first kappa shape index (κ1) is 15.7. The van der Waals surface area contributed by atoms with Gasteiger partial charge in [-0.15, -0.1) is 0 Å². The first-order valence-electron chi connectivity index (χ1n) is 5.87. The minimum atomic E-state index is 0.480. The molecule has 0 radical (unpaired) electrons. The van der Waals surface area contributed by atoms with Gasteiger partial charge in [0, 0.05) is 12.8 Å². The van der Waals surface area contributed by atoms with E-state index < -0.39 is 0 Å². The molecule has 0 saturated carbocycles.